The lowest BCUT2D eigenvalue weighted by Gasteiger charge is -2.29. The van der Waals surface area contributed by atoms with Gasteiger partial charge in [0.25, 0.3) is 0 Å². The van der Waals surface area contributed by atoms with Crippen molar-refractivity contribution < 1.29 is 47.5 Å². The molecule has 1 aliphatic heterocycles. The van der Waals surface area contributed by atoms with Crippen molar-refractivity contribution in [2.75, 3.05) is 13.2 Å². The predicted molar refractivity (Wildman–Crippen MR) is 86.3 cm³/mol. The molecule has 0 amide bonds. The minimum Gasteiger partial charge on any atom is -0.475 e. The van der Waals surface area contributed by atoms with Crippen molar-refractivity contribution in [3.05, 3.63) is 33.9 Å². The minimum absolute atomic E-state index is 0.0551. The topological polar surface area (TPSA) is 119 Å². The van der Waals surface area contributed by atoms with Crippen LogP contribution in [0.3, 0.4) is 0 Å². The Kier molecular flexibility index (Phi) is 7.60. The Bertz CT molecular complexity index is 737. The number of nitrogens with one attached hydrogen (secondary N) is 2. The van der Waals surface area contributed by atoms with E-state index in [1.165, 1.54) is 30.3 Å². The summed E-state index contributed by atoms with van der Waals surface area (Å²) >= 11 is 5.92. The molecule has 0 fully saturated rings. The van der Waals surface area contributed by atoms with E-state index < -0.39 is 43.1 Å². The fourth-order valence-corrected chi connectivity index (χ4v) is 2.73. The van der Waals surface area contributed by atoms with Gasteiger partial charge in [0.15, 0.2) is 6.10 Å². The van der Waals surface area contributed by atoms with Crippen LogP contribution in [0.1, 0.15) is 11.1 Å². The number of alkyl halides is 3. The first-order valence-corrected chi connectivity index (χ1v) is 8.03. The number of fused-ring (bicyclic) bond motifs is 1. The molecule has 156 valence electrons. The van der Waals surface area contributed by atoms with Crippen molar-refractivity contribution in [2.45, 2.75) is 25.3 Å². The molecule has 0 bridgehead atoms. The smallest absolute Gasteiger partial charge is 0.430 e. The zero-order valence-corrected chi connectivity index (χ0v) is 15.0. The van der Waals surface area contributed by atoms with Gasteiger partial charge in [-0.25, -0.2) is 4.79 Å². The standard InChI is InChI=1S/C15H16ClF3N2O7/c1-7-2-9(16)3-8-4-11(13(15(17,18)19)28-12(7)8)14(22)27-10(5-25-20-23)6-26-21-24/h2-4,10,13,20-21,23-24H,5-6H2,1H3. The summed E-state index contributed by atoms with van der Waals surface area (Å²) in [5.74, 6) is -1.42. The second-order valence-electron chi connectivity index (χ2n) is 5.61. The van der Waals surface area contributed by atoms with Crippen LogP contribution >= 0.6 is 11.6 Å². The third-order valence-corrected chi connectivity index (χ3v) is 3.79. The summed E-state index contributed by atoms with van der Waals surface area (Å²) in [5.41, 5.74) is 2.37. The predicted octanol–water partition coefficient (Wildman–Crippen LogP) is 2.09. The van der Waals surface area contributed by atoms with Crippen LogP contribution in [0.25, 0.3) is 6.08 Å². The van der Waals surface area contributed by atoms with E-state index in [4.69, 9.17) is 31.5 Å². The molecule has 0 saturated heterocycles. The van der Waals surface area contributed by atoms with Crippen molar-refractivity contribution in [1.82, 2.24) is 11.3 Å². The number of carbonyl (C=O) groups is 1. The summed E-state index contributed by atoms with van der Waals surface area (Å²) in [6.45, 7) is 0.510. The molecular weight excluding hydrogens is 413 g/mol. The first-order chi connectivity index (χ1) is 13.2. The number of esters is 1. The Morgan fingerprint density at radius 3 is 2.43 bits per heavy atom. The molecule has 0 aliphatic carbocycles. The minimum atomic E-state index is -4.91. The molecule has 4 N–H and O–H groups in total. The summed E-state index contributed by atoms with van der Waals surface area (Å²) in [5, 5.41) is 17.1. The van der Waals surface area contributed by atoms with Crippen LogP contribution in [0.15, 0.2) is 17.7 Å². The summed E-state index contributed by atoms with van der Waals surface area (Å²) in [6, 6.07) is 2.78. The Hall–Kier alpha value is -1.93. The molecule has 13 heteroatoms. The van der Waals surface area contributed by atoms with E-state index >= 15 is 0 Å². The van der Waals surface area contributed by atoms with Crippen LogP contribution in [-0.2, 0) is 19.2 Å². The molecule has 0 saturated carbocycles. The summed E-state index contributed by atoms with van der Waals surface area (Å²) < 4.78 is 50.4. The lowest BCUT2D eigenvalue weighted by molar-refractivity contribution is -0.200. The number of hydrogen-bond donors (Lipinski definition) is 4. The molecule has 1 atom stereocenters. The second-order valence-corrected chi connectivity index (χ2v) is 6.05. The van der Waals surface area contributed by atoms with Gasteiger partial charge in [-0.2, -0.15) is 13.2 Å². The summed E-state index contributed by atoms with van der Waals surface area (Å²) in [7, 11) is 0. The van der Waals surface area contributed by atoms with E-state index in [0.717, 1.165) is 6.08 Å². The molecule has 1 heterocycles. The largest absolute Gasteiger partial charge is 0.475 e. The van der Waals surface area contributed by atoms with Gasteiger partial charge in [0.2, 0.25) is 6.10 Å². The number of carbonyl (C=O) groups excluding carboxylic acids is 1. The molecule has 1 unspecified atom stereocenters. The third kappa shape index (κ3) is 5.54. The van der Waals surface area contributed by atoms with E-state index in [1.54, 1.807) is 0 Å². The quantitative estimate of drug-likeness (QED) is 0.364. The highest BCUT2D eigenvalue weighted by Gasteiger charge is 2.49. The van der Waals surface area contributed by atoms with Gasteiger partial charge in [-0.3, -0.25) is 20.1 Å². The van der Waals surface area contributed by atoms with Crippen LogP contribution in [0.5, 0.6) is 5.75 Å². The third-order valence-electron chi connectivity index (χ3n) is 3.57. The summed E-state index contributed by atoms with van der Waals surface area (Å²) in [4.78, 5) is 21.2. The van der Waals surface area contributed by atoms with E-state index in [2.05, 4.69) is 9.68 Å². The molecule has 2 rings (SSSR count). The van der Waals surface area contributed by atoms with Crippen LogP contribution < -0.4 is 16.0 Å². The normalized spacial score (nSPS) is 16.4. The maximum absolute atomic E-state index is 13.5. The van der Waals surface area contributed by atoms with Gasteiger partial charge in [-0.15, -0.1) is 0 Å². The fourth-order valence-electron chi connectivity index (χ4n) is 2.45. The maximum atomic E-state index is 13.5. The van der Waals surface area contributed by atoms with Gasteiger partial charge in [-0.1, -0.05) is 22.9 Å². The molecule has 0 spiro atoms. The van der Waals surface area contributed by atoms with Crippen LogP contribution in [0, 0.1) is 6.92 Å². The van der Waals surface area contributed by atoms with Gasteiger partial charge in [0.1, 0.15) is 19.0 Å². The molecule has 1 aromatic carbocycles. The number of aryl methyl sites for hydroxylation is 1. The lowest BCUT2D eigenvalue weighted by Crippen LogP contribution is -2.42. The van der Waals surface area contributed by atoms with Crippen molar-refractivity contribution in [1.29, 1.82) is 0 Å². The van der Waals surface area contributed by atoms with Crippen molar-refractivity contribution in [2.24, 2.45) is 0 Å². The Morgan fingerprint density at radius 1 is 1.29 bits per heavy atom. The molecule has 0 radical (unpaired) electrons. The summed E-state index contributed by atoms with van der Waals surface area (Å²) in [6.07, 6.45) is -7.78. The number of rotatable bonds is 8. The highest BCUT2D eigenvalue weighted by atomic mass is 35.5. The van der Waals surface area contributed by atoms with E-state index in [9.17, 15) is 18.0 Å². The highest BCUT2D eigenvalue weighted by Crippen LogP contribution is 2.40. The zero-order chi connectivity index (χ0) is 20.9. The van der Waals surface area contributed by atoms with Gasteiger partial charge in [0.05, 0.1) is 5.57 Å². The van der Waals surface area contributed by atoms with E-state index in [1.807, 2.05) is 0 Å². The van der Waals surface area contributed by atoms with Crippen LogP contribution in [0.2, 0.25) is 5.02 Å². The first-order valence-electron chi connectivity index (χ1n) is 7.65. The van der Waals surface area contributed by atoms with Crippen molar-refractivity contribution in [3.63, 3.8) is 0 Å². The fraction of sp³-hybridized carbons (Fsp3) is 0.400. The molecule has 28 heavy (non-hydrogen) atoms. The monoisotopic (exact) mass is 428 g/mol. The number of ether oxygens (including phenoxy) is 2. The molecular formula is C15H16ClF3N2O7. The van der Waals surface area contributed by atoms with Crippen LogP contribution in [0.4, 0.5) is 13.2 Å². The van der Waals surface area contributed by atoms with Crippen molar-refractivity contribution in [3.8, 4) is 5.75 Å². The Balaban J connectivity index is 2.34. The van der Waals surface area contributed by atoms with E-state index in [-0.39, 0.29) is 16.3 Å². The van der Waals surface area contributed by atoms with Gasteiger partial charge in [0, 0.05) is 10.6 Å². The van der Waals surface area contributed by atoms with Gasteiger partial charge < -0.3 is 9.47 Å². The lowest BCUT2D eigenvalue weighted by atomic mass is 9.99. The number of halogens is 4. The first kappa shape index (κ1) is 22.4. The van der Waals surface area contributed by atoms with Crippen LogP contribution in [-0.4, -0.2) is 48.0 Å². The zero-order valence-electron chi connectivity index (χ0n) is 14.2. The van der Waals surface area contributed by atoms with Gasteiger partial charge >= 0.3 is 12.1 Å². The molecule has 1 aliphatic rings. The average molecular weight is 429 g/mol. The second kappa shape index (κ2) is 9.52. The van der Waals surface area contributed by atoms with Gasteiger partial charge in [-0.05, 0) is 30.7 Å². The Labute approximate surface area is 161 Å². The van der Waals surface area contributed by atoms with Crippen molar-refractivity contribution >= 4 is 23.6 Å². The highest BCUT2D eigenvalue weighted by molar-refractivity contribution is 6.30. The maximum Gasteiger partial charge on any atom is 0.430 e. The van der Waals surface area contributed by atoms with E-state index in [0.29, 0.717) is 5.56 Å². The molecule has 9 nitrogen and oxygen atoms in total. The Morgan fingerprint density at radius 2 is 1.89 bits per heavy atom. The SMILES string of the molecule is Cc1cc(Cl)cc2c1OC(C(F)(F)F)C(C(=O)OC(CONO)CONO)=C2. The number of hydrogen-bond acceptors (Lipinski definition) is 9. The average Bonchev–Trinajstić information content (AvgIpc) is 2.61. The number of benzene rings is 1. The molecule has 0 aromatic heterocycles. The molecule has 1 aromatic rings.